The van der Waals surface area contributed by atoms with Crippen LogP contribution in [-0.2, 0) is 0 Å². The Morgan fingerprint density at radius 3 is 2.23 bits per heavy atom. The lowest BCUT2D eigenvalue weighted by Crippen LogP contribution is -2.09. The highest BCUT2D eigenvalue weighted by Crippen LogP contribution is 2.35. The summed E-state index contributed by atoms with van der Waals surface area (Å²) < 4.78 is -0.762. The molecule has 0 aliphatic carbocycles. The summed E-state index contributed by atoms with van der Waals surface area (Å²) in [5.74, 6) is 0. The van der Waals surface area contributed by atoms with Crippen LogP contribution < -0.4 is 0 Å². The predicted molar refractivity (Wildman–Crippen MR) is 59.8 cm³/mol. The molecule has 3 heteroatoms. The lowest BCUT2D eigenvalue weighted by atomic mass is 10.1. The van der Waals surface area contributed by atoms with Gasteiger partial charge in [-0.1, -0.05) is 30.3 Å². The maximum Gasteiger partial charge on any atom is 0.117 e. The standard InChI is InChI=1S/C10H11Cl3/c1-10(12,13)7-9(11)8-5-3-2-4-6-8/h2-6,9H,7H2,1H3/t9-/m0/s1. The molecule has 0 bridgehead atoms. The Balaban J connectivity index is 2.64. The van der Waals surface area contributed by atoms with Gasteiger partial charge in [-0.25, -0.2) is 0 Å². The van der Waals surface area contributed by atoms with Crippen molar-refractivity contribution in [1.29, 1.82) is 0 Å². The average Bonchev–Trinajstić information content (AvgIpc) is 2.03. The van der Waals surface area contributed by atoms with Gasteiger partial charge in [-0.3, -0.25) is 0 Å². The molecule has 0 saturated heterocycles. The minimum absolute atomic E-state index is 0.124. The Morgan fingerprint density at radius 1 is 1.23 bits per heavy atom. The minimum Gasteiger partial charge on any atom is -0.118 e. The monoisotopic (exact) mass is 236 g/mol. The van der Waals surface area contributed by atoms with Gasteiger partial charge in [0.1, 0.15) is 4.33 Å². The van der Waals surface area contributed by atoms with Crippen molar-refractivity contribution in [3.05, 3.63) is 35.9 Å². The number of alkyl halides is 3. The van der Waals surface area contributed by atoms with Gasteiger partial charge in [0.25, 0.3) is 0 Å². The summed E-state index contributed by atoms with van der Waals surface area (Å²) in [7, 11) is 0. The fraction of sp³-hybridized carbons (Fsp3) is 0.400. The van der Waals surface area contributed by atoms with Crippen LogP contribution in [0.5, 0.6) is 0 Å². The molecule has 72 valence electrons. The van der Waals surface area contributed by atoms with E-state index in [1.54, 1.807) is 6.92 Å². The molecule has 1 aromatic carbocycles. The Hall–Kier alpha value is 0.0900. The van der Waals surface area contributed by atoms with Crippen molar-refractivity contribution >= 4 is 34.8 Å². The number of rotatable bonds is 3. The van der Waals surface area contributed by atoms with Gasteiger partial charge >= 0.3 is 0 Å². The van der Waals surface area contributed by atoms with Crippen molar-refractivity contribution in [3.63, 3.8) is 0 Å². The molecule has 1 aromatic rings. The molecule has 0 aromatic heterocycles. The maximum absolute atomic E-state index is 6.12. The van der Waals surface area contributed by atoms with Crippen molar-refractivity contribution in [3.8, 4) is 0 Å². The summed E-state index contributed by atoms with van der Waals surface area (Å²) in [6.45, 7) is 1.74. The summed E-state index contributed by atoms with van der Waals surface area (Å²) >= 11 is 17.8. The molecular formula is C10H11Cl3. The Morgan fingerprint density at radius 2 is 1.77 bits per heavy atom. The third kappa shape index (κ3) is 4.21. The zero-order valence-corrected chi connectivity index (χ0v) is 9.57. The highest BCUT2D eigenvalue weighted by molar-refractivity contribution is 6.48. The first-order valence-electron chi connectivity index (χ1n) is 4.06. The van der Waals surface area contributed by atoms with Crippen LogP contribution in [0.1, 0.15) is 24.3 Å². The molecule has 0 amide bonds. The number of benzene rings is 1. The van der Waals surface area contributed by atoms with Gasteiger partial charge in [0.2, 0.25) is 0 Å². The second-order valence-electron chi connectivity index (χ2n) is 3.15. The quantitative estimate of drug-likeness (QED) is 0.677. The van der Waals surface area contributed by atoms with E-state index in [0.717, 1.165) is 5.56 Å². The summed E-state index contributed by atoms with van der Waals surface area (Å²) in [4.78, 5) is 0. The third-order valence-electron chi connectivity index (χ3n) is 1.70. The molecule has 0 nitrogen and oxygen atoms in total. The van der Waals surface area contributed by atoms with Crippen LogP contribution >= 0.6 is 34.8 Å². The second kappa shape index (κ2) is 4.54. The smallest absolute Gasteiger partial charge is 0.117 e. The fourth-order valence-electron chi connectivity index (χ4n) is 1.09. The topological polar surface area (TPSA) is 0 Å². The fourth-order valence-corrected chi connectivity index (χ4v) is 2.02. The maximum atomic E-state index is 6.12. The number of hydrogen-bond donors (Lipinski definition) is 0. The summed E-state index contributed by atoms with van der Waals surface area (Å²) in [6.07, 6.45) is 0.543. The van der Waals surface area contributed by atoms with Gasteiger partial charge in [0.15, 0.2) is 0 Å². The Bertz CT molecular complexity index is 251. The Kier molecular flexibility index (Phi) is 3.90. The van der Waals surface area contributed by atoms with E-state index in [1.165, 1.54) is 0 Å². The zero-order chi connectivity index (χ0) is 9.90. The molecular weight excluding hydrogens is 226 g/mol. The van der Waals surface area contributed by atoms with E-state index in [-0.39, 0.29) is 5.38 Å². The first-order valence-corrected chi connectivity index (χ1v) is 5.25. The summed E-state index contributed by atoms with van der Waals surface area (Å²) in [5.41, 5.74) is 1.05. The first kappa shape index (κ1) is 11.2. The summed E-state index contributed by atoms with van der Waals surface area (Å²) in [6, 6.07) is 9.79. The van der Waals surface area contributed by atoms with Gasteiger partial charge in [-0.05, 0) is 12.5 Å². The minimum atomic E-state index is -0.762. The predicted octanol–water partition coefficient (Wildman–Crippen LogP) is 4.55. The zero-order valence-electron chi connectivity index (χ0n) is 7.31. The average molecular weight is 238 g/mol. The lowest BCUT2D eigenvalue weighted by molar-refractivity contribution is 0.727. The van der Waals surface area contributed by atoms with Gasteiger partial charge in [0.05, 0.1) is 5.38 Å². The molecule has 0 aliphatic heterocycles. The molecule has 0 N–H and O–H groups in total. The van der Waals surface area contributed by atoms with E-state index in [9.17, 15) is 0 Å². The number of halogens is 3. The van der Waals surface area contributed by atoms with Crippen molar-refractivity contribution in [2.45, 2.75) is 23.1 Å². The summed E-state index contributed by atoms with van der Waals surface area (Å²) in [5, 5.41) is -0.124. The van der Waals surface area contributed by atoms with Crippen LogP contribution in [0.4, 0.5) is 0 Å². The molecule has 0 radical (unpaired) electrons. The van der Waals surface area contributed by atoms with Gasteiger partial charge in [-0.15, -0.1) is 34.8 Å². The van der Waals surface area contributed by atoms with Crippen LogP contribution in [0.2, 0.25) is 0 Å². The molecule has 0 spiro atoms. The van der Waals surface area contributed by atoms with Crippen LogP contribution in [-0.4, -0.2) is 4.33 Å². The second-order valence-corrected chi connectivity index (χ2v) is 5.54. The van der Waals surface area contributed by atoms with E-state index in [0.29, 0.717) is 6.42 Å². The highest BCUT2D eigenvalue weighted by atomic mass is 35.5. The first-order chi connectivity index (χ1) is 5.99. The normalized spacial score (nSPS) is 14.2. The van der Waals surface area contributed by atoms with E-state index < -0.39 is 4.33 Å². The highest BCUT2D eigenvalue weighted by Gasteiger charge is 2.22. The molecule has 1 rings (SSSR count). The Labute approximate surface area is 93.8 Å². The van der Waals surface area contributed by atoms with E-state index in [2.05, 4.69) is 0 Å². The van der Waals surface area contributed by atoms with E-state index >= 15 is 0 Å². The SMILES string of the molecule is CC(Cl)(Cl)C[C@H](Cl)c1ccccc1. The van der Waals surface area contributed by atoms with Crippen molar-refractivity contribution < 1.29 is 0 Å². The number of hydrogen-bond acceptors (Lipinski definition) is 0. The van der Waals surface area contributed by atoms with Crippen LogP contribution in [0.15, 0.2) is 30.3 Å². The van der Waals surface area contributed by atoms with Crippen molar-refractivity contribution in [2.75, 3.05) is 0 Å². The van der Waals surface area contributed by atoms with Gasteiger partial charge in [0, 0.05) is 6.42 Å². The van der Waals surface area contributed by atoms with Crippen LogP contribution in [0.3, 0.4) is 0 Å². The molecule has 0 saturated carbocycles. The van der Waals surface area contributed by atoms with Crippen molar-refractivity contribution in [2.24, 2.45) is 0 Å². The molecule has 13 heavy (non-hydrogen) atoms. The molecule has 0 heterocycles. The third-order valence-corrected chi connectivity index (χ3v) is 2.41. The van der Waals surface area contributed by atoms with Crippen LogP contribution in [0.25, 0.3) is 0 Å². The van der Waals surface area contributed by atoms with Crippen LogP contribution in [0, 0.1) is 0 Å². The van der Waals surface area contributed by atoms with E-state index in [4.69, 9.17) is 34.8 Å². The lowest BCUT2D eigenvalue weighted by Gasteiger charge is -2.17. The largest absolute Gasteiger partial charge is 0.118 e. The van der Waals surface area contributed by atoms with Gasteiger partial charge < -0.3 is 0 Å². The molecule has 1 atom stereocenters. The molecule has 0 fully saturated rings. The van der Waals surface area contributed by atoms with E-state index in [1.807, 2.05) is 30.3 Å². The van der Waals surface area contributed by atoms with Gasteiger partial charge in [-0.2, -0.15) is 0 Å². The molecule has 0 aliphatic rings. The van der Waals surface area contributed by atoms with Crippen molar-refractivity contribution in [1.82, 2.24) is 0 Å². The molecule has 0 unspecified atom stereocenters.